The lowest BCUT2D eigenvalue weighted by Crippen LogP contribution is -3.14. The SMILES string of the molecule is COc1ccc(NC(=O)C[NH+](C)[C@@H](C)C(=O)Nc2ccc(N3CCOCC3)cc2)cc1. The number of benzene rings is 2. The fraction of sp³-hybridized carbons (Fsp3) is 0.391. The lowest BCUT2D eigenvalue weighted by atomic mass is 10.2. The number of amides is 2. The van der Waals surface area contributed by atoms with E-state index in [0.717, 1.165) is 48.3 Å². The van der Waals surface area contributed by atoms with Crippen LogP contribution in [0.3, 0.4) is 0 Å². The van der Waals surface area contributed by atoms with Gasteiger partial charge in [-0.3, -0.25) is 9.59 Å². The van der Waals surface area contributed by atoms with Gasteiger partial charge in [-0.25, -0.2) is 0 Å². The van der Waals surface area contributed by atoms with Crippen LogP contribution in [-0.2, 0) is 14.3 Å². The Kier molecular flexibility index (Phi) is 7.86. The minimum absolute atomic E-state index is 0.131. The van der Waals surface area contributed by atoms with E-state index in [4.69, 9.17) is 9.47 Å². The van der Waals surface area contributed by atoms with Gasteiger partial charge in [0, 0.05) is 30.2 Å². The number of hydrogen-bond donors (Lipinski definition) is 3. The Balaban J connectivity index is 1.48. The molecule has 2 aromatic carbocycles. The summed E-state index contributed by atoms with van der Waals surface area (Å²) in [4.78, 5) is 28.0. The molecule has 1 heterocycles. The zero-order chi connectivity index (χ0) is 22.2. The van der Waals surface area contributed by atoms with E-state index >= 15 is 0 Å². The second-order valence-corrected chi connectivity index (χ2v) is 7.66. The zero-order valence-electron chi connectivity index (χ0n) is 18.3. The summed E-state index contributed by atoms with van der Waals surface area (Å²) in [6, 6.07) is 14.6. The van der Waals surface area contributed by atoms with Crippen LogP contribution in [-0.4, -0.2) is 64.9 Å². The average molecular weight is 428 g/mol. The third kappa shape index (κ3) is 6.44. The first-order valence-electron chi connectivity index (χ1n) is 10.5. The average Bonchev–Trinajstić information content (AvgIpc) is 2.80. The molecule has 31 heavy (non-hydrogen) atoms. The number of quaternary nitrogens is 1. The van der Waals surface area contributed by atoms with Crippen LogP contribution in [0.5, 0.6) is 5.75 Å². The van der Waals surface area contributed by atoms with Gasteiger partial charge in [0.05, 0.1) is 27.4 Å². The van der Waals surface area contributed by atoms with E-state index in [2.05, 4.69) is 15.5 Å². The summed E-state index contributed by atoms with van der Waals surface area (Å²) in [7, 11) is 3.43. The molecule has 8 heteroatoms. The van der Waals surface area contributed by atoms with Gasteiger partial charge in [-0.1, -0.05) is 0 Å². The van der Waals surface area contributed by atoms with Gasteiger partial charge >= 0.3 is 0 Å². The predicted molar refractivity (Wildman–Crippen MR) is 121 cm³/mol. The summed E-state index contributed by atoms with van der Waals surface area (Å²) in [6.07, 6.45) is 0. The van der Waals surface area contributed by atoms with E-state index in [-0.39, 0.29) is 24.4 Å². The highest BCUT2D eigenvalue weighted by Crippen LogP contribution is 2.19. The number of likely N-dealkylation sites (N-methyl/N-ethyl adjacent to an activating group) is 1. The fourth-order valence-electron chi connectivity index (χ4n) is 3.34. The van der Waals surface area contributed by atoms with Gasteiger partial charge in [-0.05, 0) is 55.5 Å². The molecule has 0 aliphatic carbocycles. The van der Waals surface area contributed by atoms with Crippen LogP contribution in [0.4, 0.5) is 17.1 Å². The van der Waals surface area contributed by atoms with E-state index in [1.165, 1.54) is 0 Å². The Morgan fingerprint density at radius 2 is 1.61 bits per heavy atom. The van der Waals surface area contributed by atoms with E-state index in [1.807, 2.05) is 38.2 Å². The maximum absolute atomic E-state index is 12.6. The number of carbonyl (C=O) groups excluding carboxylic acids is 2. The summed E-state index contributed by atoms with van der Waals surface area (Å²) in [5, 5.41) is 5.78. The first-order valence-corrected chi connectivity index (χ1v) is 10.5. The molecule has 2 aromatic rings. The maximum atomic E-state index is 12.6. The second-order valence-electron chi connectivity index (χ2n) is 7.66. The molecule has 2 atom stereocenters. The first-order chi connectivity index (χ1) is 15.0. The van der Waals surface area contributed by atoms with Gasteiger partial charge in [0.15, 0.2) is 12.6 Å². The standard InChI is InChI=1S/C23H30N4O4/c1-17(26(2)16-22(28)24-18-6-10-21(30-3)11-7-18)23(29)25-19-4-8-20(9-5-19)27-12-14-31-15-13-27/h4-11,17H,12-16H2,1-3H3,(H,24,28)(H,25,29)/p+1/t17-/m0/s1. The van der Waals surface area contributed by atoms with Crippen molar-refractivity contribution >= 4 is 28.9 Å². The van der Waals surface area contributed by atoms with Crippen molar-refractivity contribution in [3.63, 3.8) is 0 Å². The molecule has 8 nitrogen and oxygen atoms in total. The molecular formula is C23H31N4O4+. The zero-order valence-corrected chi connectivity index (χ0v) is 18.3. The van der Waals surface area contributed by atoms with Gasteiger partial charge in [0.2, 0.25) is 0 Å². The Morgan fingerprint density at radius 3 is 2.23 bits per heavy atom. The second kappa shape index (κ2) is 10.8. The molecule has 0 bridgehead atoms. The van der Waals surface area contributed by atoms with Crippen molar-refractivity contribution in [1.29, 1.82) is 0 Å². The highest BCUT2D eigenvalue weighted by molar-refractivity contribution is 5.94. The van der Waals surface area contributed by atoms with Crippen molar-refractivity contribution in [3.8, 4) is 5.75 Å². The number of ether oxygens (including phenoxy) is 2. The van der Waals surface area contributed by atoms with E-state index < -0.39 is 0 Å². The van der Waals surface area contributed by atoms with E-state index in [1.54, 1.807) is 31.4 Å². The van der Waals surface area contributed by atoms with Gasteiger partial charge < -0.3 is 29.9 Å². The van der Waals surface area contributed by atoms with Crippen LogP contribution < -0.4 is 25.2 Å². The van der Waals surface area contributed by atoms with Crippen molar-refractivity contribution in [2.45, 2.75) is 13.0 Å². The van der Waals surface area contributed by atoms with E-state index in [0.29, 0.717) is 5.69 Å². The lowest BCUT2D eigenvalue weighted by molar-refractivity contribution is -0.885. The maximum Gasteiger partial charge on any atom is 0.282 e. The predicted octanol–water partition coefficient (Wildman–Crippen LogP) is 1.01. The topological polar surface area (TPSA) is 84.3 Å². The summed E-state index contributed by atoms with van der Waals surface area (Å²) < 4.78 is 10.5. The number of hydrogen-bond acceptors (Lipinski definition) is 5. The molecular weight excluding hydrogens is 396 g/mol. The summed E-state index contributed by atoms with van der Waals surface area (Å²) >= 11 is 0. The molecule has 3 rings (SSSR count). The molecule has 1 saturated heterocycles. The molecule has 0 aromatic heterocycles. The third-order valence-electron chi connectivity index (χ3n) is 5.46. The van der Waals surface area contributed by atoms with Crippen LogP contribution in [0.1, 0.15) is 6.92 Å². The van der Waals surface area contributed by atoms with Crippen molar-refractivity contribution < 1.29 is 24.0 Å². The molecule has 1 fully saturated rings. The lowest BCUT2D eigenvalue weighted by Gasteiger charge is -2.29. The first kappa shape index (κ1) is 22.6. The number of nitrogens with zero attached hydrogens (tertiary/aromatic N) is 1. The number of methoxy groups -OCH3 is 1. The van der Waals surface area contributed by atoms with Crippen molar-refractivity contribution in [3.05, 3.63) is 48.5 Å². The van der Waals surface area contributed by atoms with Gasteiger partial charge in [0.25, 0.3) is 11.8 Å². The van der Waals surface area contributed by atoms with Crippen molar-refractivity contribution in [1.82, 2.24) is 0 Å². The quantitative estimate of drug-likeness (QED) is 0.586. The molecule has 0 radical (unpaired) electrons. The molecule has 2 amide bonds. The monoisotopic (exact) mass is 427 g/mol. The largest absolute Gasteiger partial charge is 0.497 e. The molecule has 3 N–H and O–H groups in total. The molecule has 1 aliphatic heterocycles. The van der Waals surface area contributed by atoms with Crippen LogP contribution >= 0.6 is 0 Å². The Morgan fingerprint density at radius 1 is 1.03 bits per heavy atom. The fourth-order valence-corrected chi connectivity index (χ4v) is 3.34. The molecule has 166 valence electrons. The van der Waals surface area contributed by atoms with Crippen molar-refractivity contribution in [2.24, 2.45) is 0 Å². The Bertz CT molecular complexity index is 864. The number of carbonyl (C=O) groups is 2. The summed E-state index contributed by atoms with van der Waals surface area (Å²) in [5.41, 5.74) is 2.55. The summed E-state index contributed by atoms with van der Waals surface area (Å²) in [5.74, 6) is 0.440. The highest BCUT2D eigenvalue weighted by atomic mass is 16.5. The minimum atomic E-state index is -0.388. The number of anilines is 3. The van der Waals surface area contributed by atoms with Gasteiger partial charge in [-0.2, -0.15) is 0 Å². The normalized spacial score (nSPS) is 15.6. The van der Waals surface area contributed by atoms with Gasteiger partial charge in [0.1, 0.15) is 5.75 Å². The van der Waals surface area contributed by atoms with Crippen LogP contribution in [0.2, 0.25) is 0 Å². The number of nitrogens with one attached hydrogen (secondary N) is 3. The smallest absolute Gasteiger partial charge is 0.282 e. The molecule has 0 spiro atoms. The Hall–Kier alpha value is -3.10. The van der Waals surface area contributed by atoms with E-state index in [9.17, 15) is 9.59 Å². The minimum Gasteiger partial charge on any atom is -0.497 e. The van der Waals surface area contributed by atoms with Crippen molar-refractivity contribution in [2.75, 3.05) is 62.5 Å². The molecule has 1 aliphatic rings. The highest BCUT2D eigenvalue weighted by Gasteiger charge is 2.24. The summed E-state index contributed by atoms with van der Waals surface area (Å²) in [6.45, 7) is 5.20. The van der Waals surface area contributed by atoms with Crippen LogP contribution in [0, 0.1) is 0 Å². The molecule has 0 saturated carbocycles. The Labute approximate surface area is 183 Å². The number of rotatable bonds is 8. The van der Waals surface area contributed by atoms with Crippen LogP contribution in [0.15, 0.2) is 48.5 Å². The molecule has 1 unspecified atom stereocenters. The number of morpholine rings is 1. The van der Waals surface area contributed by atoms with Gasteiger partial charge in [-0.15, -0.1) is 0 Å². The van der Waals surface area contributed by atoms with Crippen LogP contribution in [0.25, 0.3) is 0 Å². The third-order valence-corrected chi connectivity index (χ3v) is 5.46.